The number of nitrogens with one attached hydrogen (secondary N) is 1. The summed E-state index contributed by atoms with van der Waals surface area (Å²) < 4.78 is 11.1. The molecule has 1 saturated heterocycles. The van der Waals surface area contributed by atoms with E-state index in [2.05, 4.69) is 31.1 Å². The van der Waals surface area contributed by atoms with Crippen molar-refractivity contribution in [2.75, 3.05) is 53.1 Å². The van der Waals surface area contributed by atoms with Gasteiger partial charge in [0.05, 0.1) is 0 Å². The van der Waals surface area contributed by atoms with Gasteiger partial charge in [0.2, 0.25) is 0 Å². The molecular weight excluding hydrogens is 453 g/mol. The highest BCUT2D eigenvalue weighted by molar-refractivity contribution is 14.0. The summed E-state index contributed by atoms with van der Waals surface area (Å²) in [5.41, 5.74) is 0.359. The standard InChI is InChI=1S/C21H41N3O2.HI/c1-4-22-20(24(3)14-8-19-9-15-26-16-10-19)23-18-21(11-6-7-12-21)13-17-25-5-2;/h19H,4-18H2,1-3H3,(H,22,23);1H. The summed E-state index contributed by atoms with van der Waals surface area (Å²) in [6.45, 7) is 10.7. The van der Waals surface area contributed by atoms with E-state index >= 15 is 0 Å². The van der Waals surface area contributed by atoms with Crippen LogP contribution in [0.5, 0.6) is 0 Å². The summed E-state index contributed by atoms with van der Waals surface area (Å²) >= 11 is 0. The largest absolute Gasteiger partial charge is 0.382 e. The van der Waals surface area contributed by atoms with Crippen LogP contribution >= 0.6 is 24.0 Å². The Morgan fingerprint density at radius 3 is 2.56 bits per heavy atom. The lowest BCUT2D eigenvalue weighted by Crippen LogP contribution is -2.41. The topological polar surface area (TPSA) is 46.1 Å². The highest BCUT2D eigenvalue weighted by atomic mass is 127. The Morgan fingerprint density at radius 2 is 1.93 bits per heavy atom. The molecule has 1 saturated carbocycles. The van der Waals surface area contributed by atoms with Gasteiger partial charge < -0.3 is 19.7 Å². The van der Waals surface area contributed by atoms with Crippen molar-refractivity contribution in [1.82, 2.24) is 10.2 Å². The van der Waals surface area contributed by atoms with Crippen LogP contribution in [0.4, 0.5) is 0 Å². The van der Waals surface area contributed by atoms with Gasteiger partial charge in [0.15, 0.2) is 5.96 Å². The number of nitrogens with zero attached hydrogens (tertiary/aromatic N) is 2. The van der Waals surface area contributed by atoms with Gasteiger partial charge in [0, 0.05) is 53.1 Å². The maximum Gasteiger partial charge on any atom is 0.193 e. The molecule has 0 bridgehead atoms. The van der Waals surface area contributed by atoms with E-state index in [0.717, 1.165) is 64.4 Å². The number of hydrogen-bond donors (Lipinski definition) is 1. The molecule has 5 nitrogen and oxygen atoms in total. The Bertz CT molecular complexity index is 408. The zero-order valence-electron chi connectivity index (χ0n) is 17.8. The average molecular weight is 495 g/mol. The fourth-order valence-electron chi connectivity index (χ4n) is 4.27. The van der Waals surface area contributed by atoms with E-state index in [1.54, 1.807) is 0 Å². The predicted molar refractivity (Wildman–Crippen MR) is 124 cm³/mol. The van der Waals surface area contributed by atoms with Gasteiger partial charge in [0.25, 0.3) is 0 Å². The zero-order chi connectivity index (χ0) is 18.7. The van der Waals surface area contributed by atoms with Gasteiger partial charge in [-0.2, -0.15) is 0 Å². The van der Waals surface area contributed by atoms with Crippen LogP contribution in [0.25, 0.3) is 0 Å². The maximum absolute atomic E-state index is 5.64. The lowest BCUT2D eigenvalue weighted by Gasteiger charge is -2.30. The molecule has 1 aliphatic heterocycles. The Balaban J connectivity index is 0.00000364. The van der Waals surface area contributed by atoms with Crippen LogP contribution in [0.2, 0.25) is 0 Å². The molecule has 0 aromatic rings. The summed E-state index contributed by atoms with van der Waals surface area (Å²) in [6, 6.07) is 0. The van der Waals surface area contributed by atoms with Crippen LogP contribution in [0.15, 0.2) is 4.99 Å². The van der Waals surface area contributed by atoms with E-state index < -0.39 is 0 Å². The van der Waals surface area contributed by atoms with E-state index in [-0.39, 0.29) is 24.0 Å². The second-order valence-corrected chi connectivity index (χ2v) is 8.09. The Morgan fingerprint density at radius 1 is 1.22 bits per heavy atom. The van der Waals surface area contributed by atoms with E-state index in [4.69, 9.17) is 14.5 Å². The second kappa shape index (κ2) is 14.0. The molecule has 1 N–H and O–H groups in total. The third-order valence-electron chi connectivity index (χ3n) is 6.12. The molecule has 0 amide bonds. The number of guanidine groups is 1. The van der Waals surface area contributed by atoms with Gasteiger partial charge in [0.1, 0.15) is 0 Å². The van der Waals surface area contributed by atoms with Crippen molar-refractivity contribution < 1.29 is 9.47 Å². The average Bonchev–Trinajstić information content (AvgIpc) is 3.13. The van der Waals surface area contributed by atoms with Crippen LogP contribution in [0.1, 0.15) is 65.2 Å². The van der Waals surface area contributed by atoms with Crippen LogP contribution in [0.3, 0.4) is 0 Å². The fourth-order valence-corrected chi connectivity index (χ4v) is 4.27. The van der Waals surface area contributed by atoms with Crippen LogP contribution in [0, 0.1) is 11.3 Å². The minimum atomic E-state index is 0. The van der Waals surface area contributed by atoms with E-state index in [1.165, 1.54) is 44.9 Å². The van der Waals surface area contributed by atoms with Gasteiger partial charge >= 0.3 is 0 Å². The van der Waals surface area contributed by atoms with Gasteiger partial charge in [-0.1, -0.05) is 12.8 Å². The molecule has 2 aliphatic rings. The lowest BCUT2D eigenvalue weighted by atomic mass is 9.83. The lowest BCUT2D eigenvalue weighted by molar-refractivity contribution is 0.0625. The van der Waals surface area contributed by atoms with Crippen molar-refractivity contribution in [2.45, 2.75) is 65.2 Å². The van der Waals surface area contributed by atoms with Crippen LogP contribution in [-0.4, -0.2) is 64.0 Å². The Hall–Kier alpha value is -0.0800. The Labute approximate surface area is 184 Å². The normalized spacial score (nSPS) is 20.3. The van der Waals surface area contributed by atoms with Gasteiger partial charge in [-0.25, -0.2) is 0 Å². The maximum atomic E-state index is 5.64. The van der Waals surface area contributed by atoms with Crippen LogP contribution < -0.4 is 5.32 Å². The molecule has 0 aromatic carbocycles. The smallest absolute Gasteiger partial charge is 0.193 e. The van der Waals surface area contributed by atoms with Crippen molar-refractivity contribution in [1.29, 1.82) is 0 Å². The monoisotopic (exact) mass is 495 g/mol. The molecule has 0 unspecified atom stereocenters. The van der Waals surface area contributed by atoms with E-state index in [9.17, 15) is 0 Å². The molecule has 0 atom stereocenters. The molecule has 160 valence electrons. The third-order valence-corrected chi connectivity index (χ3v) is 6.12. The number of halogens is 1. The minimum Gasteiger partial charge on any atom is -0.382 e. The van der Waals surface area contributed by atoms with Crippen molar-refractivity contribution in [3.8, 4) is 0 Å². The van der Waals surface area contributed by atoms with E-state index in [1.807, 2.05) is 0 Å². The van der Waals surface area contributed by atoms with Crippen molar-refractivity contribution in [3.05, 3.63) is 0 Å². The fraction of sp³-hybridized carbons (Fsp3) is 0.952. The summed E-state index contributed by atoms with van der Waals surface area (Å²) in [5.74, 6) is 1.88. The zero-order valence-corrected chi connectivity index (χ0v) is 20.1. The van der Waals surface area contributed by atoms with Gasteiger partial charge in [-0.05, 0) is 63.7 Å². The van der Waals surface area contributed by atoms with Gasteiger partial charge in [-0.15, -0.1) is 24.0 Å². The first-order valence-corrected chi connectivity index (χ1v) is 10.8. The molecule has 2 rings (SSSR count). The summed E-state index contributed by atoms with van der Waals surface area (Å²) in [6.07, 6.45) is 10.1. The first kappa shape index (κ1) is 25.0. The first-order chi connectivity index (χ1) is 12.7. The SMILES string of the molecule is CCNC(=NCC1(CCOCC)CCCC1)N(C)CCC1CCOCC1.I. The molecule has 0 spiro atoms. The quantitative estimate of drug-likeness (QED) is 0.213. The summed E-state index contributed by atoms with van der Waals surface area (Å²) in [5, 5.41) is 3.50. The summed E-state index contributed by atoms with van der Waals surface area (Å²) in [4.78, 5) is 7.38. The van der Waals surface area contributed by atoms with E-state index in [0.29, 0.717) is 5.41 Å². The van der Waals surface area contributed by atoms with Crippen molar-refractivity contribution >= 4 is 29.9 Å². The molecule has 6 heteroatoms. The molecule has 0 aromatic heterocycles. The molecular formula is C21H42IN3O2. The van der Waals surface area contributed by atoms with Crippen molar-refractivity contribution in [3.63, 3.8) is 0 Å². The molecule has 1 heterocycles. The number of aliphatic imine (C=N–C) groups is 1. The molecule has 0 radical (unpaired) electrons. The van der Waals surface area contributed by atoms with Crippen molar-refractivity contribution in [2.24, 2.45) is 16.3 Å². The number of ether oxygens (including phenoxy) is 2. The van der Waals surface area contributed by atoms with Gasteiger partial charge in [-0.3, -0.25) is 4.99 Å². The molecule has 27 heavy (non-hydrogen) atoms. The van der Waals surface area contributed by atoms with Crippen LogP contribution in [-0.2, 0) is 9.47 Å². The number of hydrogen-bond acceptors (Lipinski definition) is 3. The molecule has 1 aliphatic carbocycles. The highest BCUT2D eigenvalue weighted by Gasteiger charge is 2.33. The second-order valence-electron chi connectivity index (χ2n) is 8.09. The minimum absolute atomic E-state index is 0. The molecule has 2 fully saturated rings. The Kier molecular flexibility index (Phi) is 12.9. The highest BCUT2D eigenvalue weighted by Crippen LogP contribution is 2.41. The number of rotatable bonds is 10. The third kappa shape index (κ3) is 8.86. The first-order valence-electron chi connectivity index (χ1n) is 10.8. The predicted octanol–water partition coefficient (Wildman–Crippen LogP) is 4.31. The summed E-state index contributed by atoms with van der Waals surface area (Å²) in [7, 11) is 2.18.